The van der Waals surface area contributed by atoms with Gasteiger partial charge in [-0.1, -0.05) is 0 Å². The van der Waals surface area contributed by atoms with Gasteiger partial charge >= 0.3 is 5.76 Å². The lowest BCUT2D eigenvalue weighted by Gasteiger charge is -2.15. The third-order valence-corrected chi connectivity index (χ3v) is 0.717. The van der Waals surface area contributed by atoms with Gasteiger partial charge in [-0.2, -0.15) is 8.78 Å². The van der Waals surface area contributed by atoms with Crippen LogP contribution in [0.1, 0.15) is 0 Å². The minimum atomic E-state index is -4.57. The Kier molecular flexibility index (Phi) is 1.93. The van der Waals surface area contributed by atoms with Gasteiger partial charge in [0.2, 0.25) is 0 Å². The molecular weight excluding hydrogens is 130 g/mol. The van der Waals surface area contributed by atoms with Gasteiger partial charge in [0.05, 0.1) is 0 Å². The molecule has 0 saturated carbocycles. The minimum absolute atomic E-state index is 3.45. The predicted octanol–water partition coefficient (Wildman–Crippen LogP) is 1.43. The first-order valence-electron chi connectivity index (χ1n) is 1.22. The highest BCUT2D eigenvalue weighted by Gasteiger charge is 2.25. The van der Waals surface area contributed by atoms with Gasteiger partial charge in [-0.05, 0) is 0 Å². The van der Waals surface area contributed by atoms with Crippen LogP contribution >= 0.6 is 10.9 Å². The molecule has 0 rings (SSSR count). The summed E-state index contributed by atoms with van der Waals surface area (Å²) >= 11 is 0. The van der Waals surface area contributed by atoms with Crippen molar-refractivity contribution in [3.63, 3.8) is 0 Å². The zero-order valence-corrected chi connectivity index (χ0v) is 3.90. The molecule has 0 amide bonds. The van der Waals surface area contributed by atoms with E-state index in [1.165, 1.54) is 0 Å². The molecule has 0 bridgehead atoms. The van der Waals surface area contributed by atoms with E-state index in [-0.39, 0.29) is 0 Å². The Morgan fingerprint density at radius 1 is 1.14 bits per heavy atom. The highest BCUT2D eigenvalue weighted by molar-refractivity contribution is 8.19. The van der Waals surface area contributed by atoms with Crippen LogP contribution in [0.4, 0.5) is 8.78 Å². The van der Waals surface area contributed by atoms with Crippen molar-refractivity contribution in [2.45, 2.75) is 5.76 Å². The second kappa shape index (κ2) is 1.91. The maximum atomic E-state index is 10.8. The molecule has 0 heterocycles. The fraction of sp³-hybridized carbons (Fsp3) is 1.00. The van der Waals surface area contributed by atoms with Gasteiger partial charge in [-0.3, -0.25) is 0 Å². The lowest BCUT2D eigenvalue weighted by atomic mass is 11.7. The molecule has 0 radical (unpaired) electrons. The Morgan fingerprint density at radius 2 is 1.29 bits per heavy atom. The van der Waals surface area contributed by atoms with Crippen LogP contribution in [-0.4, -0.2) is 19.4 Å². The van der Waals surface area contributed by atoms with Crippen LogP contribution in [0.15, 0.2) is 0 Å². The second-order valence-corrected chi connectivity index (χ2v) is 2.30. The van der Waals surface area contributed by atoms with E-state index in [1.807, 2.05) is 0 Å². The Balaban J connectivity index is 3.54. The average molecular weight is 134 g/mol. The Bertz CT molecular complexity index is 58.4. The molecule has 3 N–H and O–H groups in total. The highest BCUT2D eigenvalue weighted by atomic mass is 32.3. The first-order valence-corrected chi connectivity index (χ1v) is 2.79. The van der Waals surface area contributed by atoms with Gasteiger partial charge in [0.1, 0.15) is 10.9 Å². The number of halogens is 2. The topological polar surface area (TPSA) is 60.7 Å². The van der Waals surface area contributed by atoms with E-state index in [9.17, 15) is 8.78 Å². The summed E-state index contributed by atoms with van der Waals surface area (Å²) in [4.78, 5) is 0. The summed E-state index contributed by atoms with van der Waals surface area (Å²) in [6.07, 6.45) is 0. The van der Waals surface area contributed by atoms with Crippen molar-refractivity contribution in [3.8, 4) is 0 Å². The summed E-state index contributed by atoms with van der Waals surface area (Å²) in [5, 5.41) is 0. The Hall–Kier alpha value is 0.0900. The molecule has 3 nitrogen and oxygen atoms in total. The van der Waals surface area contributed by atoms with Crippen molar-refractivity contribution >= 4 is 10.9 Å². The molecule has 46 valence electrons. The molecule has 0 unspecified atom stereocenters. The first-order chi connectivity index (χ1) is 2.94. The van der Waals surface area contributed by atoms with Gasteiger partial charge in [0.25, 0.3) is 0 Å². The highest BCUT2D eigenvalue weighted by Crippen LogP contribution is 2.40. The van der Waals surface area contributed by atoms with Gasteiger partial charge in [0.15, 0.2) is 0 Å². The molecule has 0 spiro atoms. The lowest BCUT2D eigenvalue weighted by molar-refractivity contribution is 0.188. The number of alkyl halides is 2. The average Bonchev–Trinajstić information content (AvgIpc) is 1.31. The molecule has 0 aliphatic rings. The number of hydrogen-bond acceptors (Lipinski definition) is 3. The fourth-order valence-corrected chi connectivity index (χ4v) is 0. The maximum absolute atomic E-state index is 10.8. The van der Waals surface area contributed by atoms with Crippen LogP contribution in [-0.2, 0) is 0 Å². The zero-order valence-electron chi connectivity index (χ0n) is 3.08. The summed E-state index contributed by atoms with van der Waals surface area (Å²) in [5.74, 6) is -3.45. The van der Waals surface area contributed by atoms with Gasteiger partial charge in [-0.15, -0.1) is 0 Å². The molecule has 0 saturated heterocycles. The smallest absolute Gasteiger partial charge is 0.304 e. The van der Waals surface area contributed by atoms with Crippen LogP contribution in [0, 0.1) is 0 Å². The molecule has 0 aromatic carbocycles. The van der Waals surface area contributed by atoms with Crippen molar-refractivity contribution in [2.75, 3.05) is 0 Å². The van der Waals surface area contributed by atoms with Crippen LogP contribution in [0.5, 0.6) is 0 Å². The summed E-state index contributed by atoms with van der Waals surface area (Å²) in [5.41, 5.74) is 0. The number of rotatable bonds is 1. The van der Waals surface area contributed by atoms with E-state index in [2.05, 4.69) is 0 Å². The summed E-state index contributed by atoms with van der Waals surface area (Å²) < 4.78 is 44.3. The Morgan fingerprint density at radius 3 is 1.29 bits per heavy atom. The van der Waals surface area contributed by atoms with Crippen LogP contribution in [0.3, 0.4) is 0 Å². The zero-order chi connectivity index (χ0) is 6.08. The monoisotopic (exact) mass is 134 g/mol. The molecular formula is CH4F2O3S. The van der Waals surface area contributed by atoms with Crippen LogP contribution in [0.25, 0.3) is 0 Å². The third kappa shape index (κ3) is 2.75. The van der Waals surface area contributed by atoms with Gasteiger partial charge < -0.3 is 13.7 Å². The van der Waals surface area contributed by atoms with E-state index in [1.54, 1.807) is 0 Å². The standard InChI is InChI=1S/CH4F2O3S/c2-1(3)7(4,5)6/h1,4-6H. The fourth-order valence-electron chi connectivity index (χ4n) is 0. The second-order valence-electron chi connectivity index (χ2n) is 0.822. The van der Waals surface area contributed by atoms with E-state index in [4.69, 9.17) is 13.7 Å². The first kappa shape index (κ1) is 7.09. The predicted molar refractivity (Wildman–Crippen MR) is 21.5 cm³/mol. The molecule has 0 atom stereocenters. The minimum Gasteiger partial charge on any atom is -0.304 e. The Labute approximate surface area is 40.1 Å². The number of hydrogen-bond donors (Lipinski definition) is 3. The van der Waals surface area contributed by atoms with Crippen LogP contribution in [0.2, 0.25) is 0 Å². The van der Waals surface area contributed by atoms with Gasteiger partial charge in [0, 0.05) is 0 Å². The largest absolute Gasteiger partial charge is 0.332 e. The SMILES string of the molecule is OS(O)(O)C(F)F. The van der Waals surface area contributed by atoms with Crippen molar-refractivity contribution in [2.24, 2.45) is 0 Å². The summed E-state index contributed by atoms with van der Waals surface area (Å²) in [6, 6.07) is 0. The maximum Gasteiger partial charge on any atom is 0.332 e. The molecule has 0 aliphatic carbocycles. The quantitative estimate of drug-likeness (QED) is 0.508. The van der Waals surface area contributed by atoms with Crippen molar-refractivity contribution in [1.29, 1.82) is 0 Å². The normalized spacial score (nSPS) is 15.1. The molecule has 0 aromatic rings. The van der Waals surface area contributed by atoms with Crippen LogP contribution < -0.4 is 0 Å². The third-order valence-electron chi connectivity index (χ3n) is 0.239. The van der Waals surface area contributed by atoms with E-state index in [0.717, 1.165) is 0 Å². The van der Waals surface area contributed by atoms with Crippen molar-refractivity contribution < 1.29 is 22.4 Å². The molecule has 6 heteroatoms. The van der Waals surface area contributed by atoms with Crippen molar-refractivity contribution in [1.82, 2.24) is 0 Å². The van der Waals surface area contributed by atoms with E-state index in [0.29, 0.717) is 0 Å². The van der Waals surface area contributed by atoms with E-state index >= 15 is 0 Å². The molecule has 0 aromatic heterocycles. The van der Waals surface area contributed by atoms with E-state index < -0.39 is 16.6 Å². The lowest BCUT2D eigenvalue weighted by Crippen LogP contribution is -2.04. The van der Waals surface area contributed by atoms with Gasteiger partial charge in [-0.25, -0.2) is 0 Å². The molecule has 7 heavy (non-hydrogen) atoms. The summed E-state index contributed by atoms with van der Waals surface area (Å²) in [7, 11) is -4.57. The van der Waals surface area contributed by atoms with Crippen molar-refractivity contribution in [3.05, 3.63) is 0 Å². The molecule has 0 fully saturated rings. The summed E-state index contributed by atoms with van der Waals surface area (Å²) in [6.45, 7) is 0. The molecule has 0 aliphatic heterocycles.